The van der Waals surface area contributed by atoms with Gasteiger partial charge >= 0.3 is 10.2 Å². The van der Waals surface area contributed by atoms with Gasteiger partial charge in [-0.05, 0) is 55.5 Å². The molecule has 0 spiro atoms. The average Bonchev–Trinajstić information content (AvgIpc) is 3.11. The van der Waals surface area contributed by atoms with Crippen LogP contribution >= 0.6 is 0 Å². The molecule has 1 saturated heterocycles. The Labute approximate surface area is 196 Å². The summed E-state index contributed by atoms with van der Waals surface area (Å²) in [6.07, 6.45) is 4.09. The molecule has 0 atom stereocenters. The standard InChI is InChI=1S/C25H30N4O3S/c1-20-5-7-21(8-6-20)22-9-11-24(12-10-22)32-18-4-2-3-15-28-16-17-29(33(28,30)31)23-13-14-27-25(26)19-23/h5-14,19H,2-4,15-18H2,1H3,(H2,26,27). The molecule has 7 nitrogen and oxygen atoms in total. The van der Waals surface area contributed by atoms with Crippen LogP contribution in [-0.4, -0.2) is 43.9 Å². The van der Waals surface area contributed by atoms with Crippen LogP contribution in [0.2, 0.25) is 0 Å². The Balaban J connectivity index is 1.18. The Bertz CT molecular complexity index is 1170. The van der Waals surface area contributed by atoms with Gasteiger partial charge in [-0.3, -0.25) is 4.31 Å². The van der Waals surface area contributed by atoms with E-state index in [1.807, 2.05) is 12.1 Å². The van der Waals surface area contributed by atoms with Crippen molar-refractivity contribution in [2.24, 2.45) is 0 Å². The molecule has 2 heterocycles. The van der Waals surface area contributed by atoms with Crippen LogP contribution < -0.4 is 14.8 Å². The Morgan fingerprint density at radius 3 is 2.33 bits per heavy atom. The van der Waals surface area contributed by atoms with E-state index in [2.05, 4.69) is 48.3 Å². The van der Waals surface area contributed by atoms with Crippen LogP contribution in [0.4, 0.5) is 11.5 Å². The Morgan fingerprint density at radius 1 is 0.939 bits per heavy atom. The third-order valence-electron chi connectivity index (χ3n) is 5.77. The number of pyridine rings is 1. The molecule has 8 heteroatoms. The topological polar surface area (TPSA) is 88.8 Å². The molecule has 174 valence electrons. The highest BCUT2D eigenvalue weighted by atomic mass is 32.2. The largest absolute Gasteiger partial charge is 0.494 e. The minimum Gasteiger partial charge on any atom is -0.494 e. The summed E-state index contributed by atoms with van der Waals surface area (Å²) < 4.78 is 34.4. The number of rotatable bonds is 9. The molecule has 0 saturated carbocycles. The normalized spacial score (nSPS) is 15.6. The van der Waals surface area contributed by atoms with Crippen LogP contribution in [0.1, 0.15) is 24.8 Å². The van der Waals surface area contributed by atoms with Gasteiger partial charge in [-0.25, -0.2) is 4.98 Å². The lowest BCUT2D eigenvalue weighted by molar-refractivity contribution is 0.302. The first-order valence-corrected chi connectivity index (χ1v) is 12.6. The summed E-state index contributed by atoms with van der Waals surface area (Å²) in [7, 11) is -3.51. The zero-order chi connectivity index (χ0) is 23.3. The molecule has 3 aromatic rings. The van der Waals surface area contributed by atoms with E-state index in [0.717, 1.165) is 30.6 Å². The van der Waals surface area contributed by atoms with Crippen molar-refractivity contribution in [3.05, 3.63) is 72.4 Å². The maximum atomic E-state index is 12.8. The lowest BCUT2D eigenvalue weighted by Crippen LogP contribution is -2.33. The van der Waals surface area contributed by atoms with Crippen LogP contribution in [0.3, 0.4) is 0 Å². The van der Waals surface area contributed by atoms with Crippen LogP contribution in [0.25, 0.3) is 11.1 Å². The highest BCUT2D eigenvalue weighted by Crippen LogP contribution is 2.26. The summed E-state index contributed by atoms with van der Waals surface area (Å²) in [6.45, 7) is 4.10. The molecule has 1 fully saturated rings. The zero-order valence-corrected chi connectivity index (χ0v) is 19.7. The van der Waals surface area contributed by atoms with E-state index >= 15 is 0 Å². The number of ether oxygens (including phenoxy) is 1. The molecule has 1 aromatic heterocycles. The number of nitrogens with two attached hydrogens (primary N) is 1. The molecule has 2 aromatic carbocycles. The molecule has 0 unspecified atom stereocenters. The number of benzene rings is 2. The second-order valence-electron chi connectivity index (χ2n) is 8.22. The van der Waals surface area contributed by atoms with E-state index in [0.29, 0.717) is 37.7 Å². The smallest absolute Gasteiger partial charge is 0.304 e. The number of nitrogens with zero attached hydrogens (tertiary/aromatic N) is 3. The predicted molar refractivity (Wildman–Crippen MR) is 132 cm³/mol. The number of hydrogen-bond acceptors (Lipinski definition) is 5. The molecule has 2 N–H and O–H groups in total. The number of unbranched alkanes of at least 4 members (excludes halogenated alkanes) is 2. The Hall–Kier alpha value is -3.10. The number of anilines is 2. The van der Waals surface area contributed by atoms with Gasteiger partial charge in [-0.1, -0.05) is 42.0 Å². The van der Waals surface area contributed by atoms with Gasteiger partial charge in [-0.15, -0.1) is 0 Å². The van der Waals surface area contributed by atoms with E-state index < -0.39 is 10.2 Å². The van der Waals surface area contributed by atoms with Crippen molar-refractivity contribution < 1.29 is 13.2 Å². The Kier molecular flexibility index (Phi) is 7.15. The molecular formula is C25H30N4O3S. The molecule has 0 radical (unpaired) electrons. The maximum Gasteiger partial charge on any atom is 0.304 e. The highest BCUT2D eigenvalue weighted by molar-refractivity contribution is 7.90. The third-order valence-corrected chi connectivity index (χ3v) is 7.74. The number of aryl methyl sites for hydroxylation is 1. The second kappa shape index (κ2) is 10.2. The van der Waals surface area contributed by atoms with Crippen molar-refractivity contribution >= 4 is 21.7 Å². The van der Waals surface area contributed by atoms with E-state index in [-0.39, 0.29) is 0 Å². The fourth-order valence-electron chi connectivity index (χ4n) is 3.90. The minimum absolute atomic E-state index is 0.311. The van der Waals surface area contributed by atoms with Gasteiger partial charge in [0.05, 0.1) is 12.3 Å². The van der Waals surface area contributed by atoms with Crippen LogP contribution in [0.5, 0.6) is 5.75 Å². The Morgan fingerprint density at radius 2 is 1.64 bits per heavy atom. The lowest BCUT2D eigenvalue weighted by atomic mass is 10.0. The van der Waals surface area contributed by atoms with E-state index in [9.17, 15) is 8.42 Å². The van der Waals surface area contributed by atoms with Crippen molar-refractivity contribution in [2.45, 2.75) is 26.2 Å². The summed E-state index contributed by atoms with van der Waals surface area (Å²) in [4.78, 5) is 3.93. The quantitative estimate of drug-likeness (QED) is 0.476. The van der Waals surface area contributed by atoms with E-state index in [1.54, 1.807) is 12.1 Å². The van der Waals surface area contributed by atoms with Gasteiger partial charge < -0.3 is 10.5 Å². The first-order chi connectivity index (χ1) is 15.9. The van der Waals surface area contributed by atoms with Gasteiger partial charge in [0.2, 0.25) is 0 Å². The van der Waals surface area contributed by atoms with Crippen molar-refractivity contribution in [3.8, 4) is 16.9 Å². The monoisotopic (exact) mass is 466 g/mol. The van der Waals surface area contributed by atoms with Crippen LogP contribution in [0, 0.1) is 6.92 Å². The summed E-state index contributed by atoms with van der Waals surface area (Å²) in [5.74, 6) is 1.16. The molecule has 0 aliphatic carbocycles. The van der Waals surface area contributed by atoms with Gasteiger partial charge in [0.1, 0.15) is 11.6 Å². The van der Waals surface area contributed by atoms with Gasteiger partial charge in [0.25, 0.3) is 0 Å². The fourth-order valence-corrected chi connectivity index (χ4v) is 5.54. The van der Waals surface area contributed by atoms with Gasteiger partial charge in [-0.2, -0.15) is 12.7 Å². The van der Waals surface area contributed by atoms with E-state index in [1.165, 1.54) is 25.9 Å². The SMILES string of the molecule is Cc1ccc(-c2ccc(OCCCCCN3CCN(c4ccnc(N)c4)S3(=O)=O)cc2)cc1. The number of hydrogen-bond donors (Lipinski definition) is 1. The molecule has 1 aliphatic heterocycles. The summed E-state index contributed by atoms with van der Waals surface area (Å²) in [5, 5.41) is 0. The van der Waals surface area contributed by atoms with Crippen molar-refractivity contribution in [1.82, 2.24) is 9.29 Å². The van der Waals surface area contributed by atoms with Crippen molar-refractivity contribution in [3.63, 3.8) is 0 Å². The average molecular weight is 467 g/mol. The molecule has 0 amide bonds. The summed E-state index contributed by atoms with van der Waals surface area (Å²) in [5.41, 5.74) is 9.86. The number of nitrogen functional groups attached to an aromatic ring is 1. The first kappa shape index (κ1) is 23.1. The molecular weight excluding hydrogens is 436 g/mol. The summed E-state index contributed by atoms with van der Waals surface area (Å²) in [6, 6.07) is 19.8. The molecule has 0 bridgehead atoms. The van der Waals surface area contributed by atoms with Crippen molar-refractivity contribution in [2.75, 3.05) is 36.3 Å². The molecule has 4 rings (SSSR count). The van der Waals surface area contributed by atoms with Crippen LogP contribution in [0.15, 0.2) is 66.9 Å². The molecule has 33 heavy (non-hydrogen) atoms. The van der Waals surface area contributed by atoms with Gasteiger partial charge in [0, 0.05) is 31.9 Å². The third kappa shape index (κ3) is 5.64. The maximum absolute atomic E-state index is 12.8. The second-order valence-corrected chi connectivity index (χ2v) is 10.1. The lowest BCUT2D eigenvalue weighted by Gasteiger charge is -2.20. The predicted octanol–water partition coefficient (Wildman–Crippen LogP) is 4.26. The van der Waals surface area contributed by atoms with Crippen LogP contribution in [-0.2, 0) is 10.2 Å². The summed E-state index contributed by atoms with van der Waals surface area (Å²) >= 11 is 0. The number of aromatic nitrogens is 1. The zero-order valence-electron chi connectivity index (χ0n) is 18.9. The van der Waals surface area contributed by atoms with Gasteiger partial charge in [0.15, 0.2) is 0 Å². The molecule has 1 aliphatic rings. The minimum atomic E-state index is -3.51. The van der Waals surface area contributed by atoms with E-state index in [4.69, 9.17) is 10.5 Å². The van der Waals surface area contributed by atoms with Crippen molar-refractivity contribution in [1.29, 1.82) is 0 Å². The fraction of sp³-hybridized carbons (Fsp3) is 0.320. The highest BCUT2D eigenvalue weighted by Gasteiger charge is 2.36. The first-order valence-electron chi connectivity index (χ1n) is 11.2.